The summed E-state index contributed by atoms with van der Waals surface area (Å²) in [7, 11) is 0. The summed E-state index contributed by atoms with van der Waals surface area (Å²) in [6, 6.07) is 65.1. The first-order chi connectivity index (χ1) is 24.3. The van der Waals surface area contributed by atoms with Crippen LogP contribution in [0, 0.1) is 0 Å². The Balaban J connectivity index is 1.24. The largest absolute Gasteiger partial charge is 0.456 e. The SMILES string of the molecule is c1ccc(-c2cccc(N(c3ccc4ccc5oc6ccccc6c5c4c3)c3ccc4c(c3)c3ccccc3n4-c3ccccc3)c2)cc1. The van der Waals surface area contributed by atoms with Crippen molar-refractivity contribution >= 4 is 71.6 Å². The van der Waals surface area contributed by atoms with Gasteiger partial charge in [-0.3, -0.25) is 0 Å². The lowest BCUT2D eigenvalue weighted by Gasteiger charge is -2.27. The lowest BCUT2D eigenvalue weighted by molar-refractivity contribution is 0.669. The third-order valence-corrected chi connectivity index (χ3v) is 9.74. The minimum atomic E-state index is 0.901. The number of anilines is 3. The third-order valence-electron chi connectivity index (χ3n) is 9.74. The van der Waals surface area contributed by atoms with Crippen molar-refractivity contribution in [2.75, 3.05) is 4.90 Å². The van der Waals surface area contributed by atoms with Crippen molar-refractivity contribution < 1.29 is 4.42 Å². The van der Waals surface area contributed by atoms with Gasteiger partial charge in [-0.05, 0) is 94.7 Å². The van der Waals surface area contributed by atoms with Crippen LogP contribution < -0.4 is 4.90 Å². The highest BCUT2D eigenvalue weighted by Gasteiger charge is 2.19. The van der Waals surface area contributed by atoms with Gasteiger partial charge in [-0.2, -0.15) is 0 Å². The molecular formula is C46H30N2O. The van der Waals surface area contributed by atoms with Gasteiger partial charge in [0.15, 0.2) is 0 Å². The van der Waals surface area contributed by atoms with Crippen molar-refractivity contribution in [1.82, 2.24) is 4.57 Å². The minimum absolute atomic E-state index is 0.901. The Kier molecular flexibility index (Phi) is 6.18. The van der Waals surface area contributed by atoms with Crippen LogP contribution in [0.2, 0.25) is 0 Å². The summed E-state index contributed by atoms with van der Waals surface area (Å²) in [5.41, 5.74) is 11.0. The smallest absolute Gasteiger partial charge is 0.136 e. The highest BCUT2D eigenvalue weighted by molar-refractivity contribution is 6.19. The van der Waals surface area contributed by atoms with E-state index in [1.54, 1.807) is 0 Å². The number of benzene rings is 8. The van der Waals surface area contributed by atoms with Crippen molar-refractivity contribution in [3.8, 4) is 16.8 Å². The second-order valence-electron chi connectivity index (χ2n) is 12.6. The van der Waals surface area contributed by atoms with Crippen LogP contribution in [0.4, 0.5) is 17.1 Å². The highest BCUT2D eigenvalue weighted by Crippen LogP contribution is 2.43. The number of hydrogen-bond donors (Lipinski definition) is 0. The van der Waals surface area contributed by atoms with Gasteiger partial charge in [-0.15, -0.1) is 0 Å². The van der Waals surface area contributed by atoms with E-state index in [4.69, 9.17) is 4.42 Å². The first-order valence-corrected chi connectivity index (χ1v) is 16.7. The molecular weight excluding hydrogens is 597 g/mol. The fraction of sp³-hybridized carbons (Fsp3) is 0. The first-order valence-electron chi connectivity index (χ1n) is 16.7. The van der Waals surface area contributed by atoms with Crippen molar-refractivity contribution in [3.05, 3.63) is 182 Å². The minimum Gasteiger partial charge on any atom is -0.456 e. The summed E-state index contributed by atoms with van der Waals surface area (Å²) in [6.45, 7) is 0. The van der Waals surface area contributed by atoms with E-state index in [1.807, 2.05) is 12.1 Å². The van der Waals surface area contributed by atoms with E-state index >= 15 is 0 Å². The van der Waals surface area contributed by atoms with E-state index in [0.717, 1.165) is 44.7 Å². The molecule has 0 unspecified atom stereocenters. The van der Waals surface area contributed by atoms with Crippen LogP contribution in [0.5, 0.6) is 0 Å². The van der Waals surface area contributed by atoms with E-state index in [0.29, 0.717) is 0 Å². The maximum absolute atomic E-state index is 6.31. The average molecular weight is 627 g/mol. The number of para-hydroxylation sites is 3. The molecule has 230 valence electrons. The summed E-state index contributed by atoms with van der Waals surface area (Å²) in [5, 5.41) is 7.08. The molecule has 10 aromatic rings. The Morgan fingerprint density at radius 1 is 0.388 bits per heavy atom. The van der Waals surface area contributed by atoms with Gasteiger partial charge in [-0.25, -0.2) is 0 Å². The summed E-state index contributed by atoms with van der Waals surface area (Å²) in [5.74, 6) is 0. The van der Waals surface area contributed by atoms with E-state index in [2.05, 4.69) is 179 Å². The Morgan fingerprint density at radius 3 is 1.88 bits per heavy atom. The summed E-state index contributed by atoms with van der Waals surface area (Å²) >= 11 is 0. The van der Waals surface area contributed by atoms with Crippen LogP contribution in [0.15, 0.2) is 186 Å². The quantitative estimate of drug-likeness (QED) is 0.190. The normalized spacial score (nSPS) is 11.7. The number of hydrogen-bond acceptors (Lipinski definition) is 2. The average Bonchev–Trinajstić information content (AvgIpc) is 3.72. The van der Waals surface area contributed by atoms with Gasteiger partial charge in [0.25, 0.3) is 0 Å². The molecule has 0 amide bonds. The second-order valence-corrected chi connectivity index (χ2v) is 12.6. The van der Waals surface area contributed by atoms with Gasteiger partial charge in [0.1, 0.15) is 11.2 Å². The Morgan fingerprint density at radius 2 is 1.02 bits per heavy atom. The van der Waals surface area contributed by atoms with Gasteiger partial charge in [-0.1, -0.05) is 109 Å². The maximum atomic E-state index is 6.31. The molecule has 0 bridgehead atoms. The van der Waals surface area contributed by atoms with Crippen LogP contribution in [-0.4, -0.2) is 4.57 Å². The predicted molar refractivity (Wildman–Crippen MR) is 206 cm³/mol. The molecule has 0 saturated carbocycles. The van der Waals surface area contributed by atoms with Gasteiger partial charge in [0, 0.05) is 44.3 Å². The fourth-order valence-corrected chi connectivity index (χ4v) is 7.53. The summed E-state index contributed by atoms with van der Waals surface area (Å²) < 4.78 is 8.67. The predicted octanol–water partition coefficient (Wildman–Crippen LogP) is 13.0. The number of furan rings is 1. The van der Waals surface area contributed by atoms with Crippen molar-refractivity contribution in [1.29, 1.82) is 0 Å². The molecule has 0 radical (unpaired) electrons. The molecule has 0 aliphatic heterocycles. The lowest BCUT2D eigenvalue weighted by atomic mass is 10.0. The van der Waals surface area contributed by atoms with Crippen LogP contribution in [0.3, 0.4) is 0 Å². The highest BCUT2D eigenvalue weighted by atomic mass is 16.3. The van der Waals surface area contributed by atoms with Gasteiger partial charge in [0.2, 0.25) is 0 Å². The maximum Gasteiger partial charge on any atom is 0.136 e. The monoisotopic (exact) mass is 626 g/mol. The summed E-state index contributed by atoms with van der Waals surface area (Å²) in [6.07, 6.45) is 0. The molecule has 0 spiro atoms. The molecule has 0 atom stereocenters. The molecule has 8 aromatic carbocycles. The molecule has 0 aliphatic carbocycles. The molecule has 49 heavy (non-hydrogen) atoms. The molecule has 3 nitrogen and oxygen atoms in total. The number of nitrogens with zero attached hydrogens (tertiary/aromatic N) is 2. The molecule has 0 saturated heterocycles. The summed E-state index contributed by atoms with van der Waals surface area (Å²) in [4.78, 5) is 2.39. The zero-order chi connectivity index (χ0) is 32.3. The van der Waals surface area contributed by atoms with Crippen LogP contribution in [-0.2, 0) is 0 Å². The van der Waals surface area contributed by atoms with E-state index in [9.17, 15) is 0 Å². The first kappa shape index (κ1) is 27.5. The number of rotatable bonds is 5. The molecule has 10 rings (SSSR count). The van der Waals surface area contributed by atoms with E-state index < -0.39 is 0 Å². The molecule has 0 aliphatic rings. The topological polar surface area (TPSA) is 21.3 Å². The van der Waals surface area contributed by atoms with Crippen LogP contribution in [0.1, 0.15) is 0 Å². The van der Waals surface area contributed by atoms with E-state index in [-0.39, 0.29) is 0 Å². The van der Waals surface area contributed by atoms with Crippen molar-refractivity contribution in [2.45, 2.75) is 0 Å². The zero-order valence-electron chi connectivity index (χ0n) is 26.6. The van der Waals surface area contributed by atoms with Gasteiger partial charge in [0.05, 0.1) is 11.0 Å². The Labute approximate surface area is 283 Å². The van der Waals surface area contributed by atoms with Gasteiger partial charge >= 0.3 is 0 Å². The van der Waals surface area contributed by atoms with Crippen molar-refractivity contribution in [2.24, 2.45) is 0 Å². The number of aromatic nitrogens is 1. The molecule has 2 aromatic heterocycles. The van der Waals surface area contributed by atoms with Gasteiger partial charge < -0.3 is 13.9 Å². The lowest BCUT2D eigenvalue weighted by Crippen LogP contribution is -2.10. The zero-order valence-corrected chi connectivity index (χ0v) is 26.6. The van der Waals surface area contributed by atoms with Crippen LogP contribution >= 0.6 is 0 Å². The standard InChI is InChI=1S/C46H30N2O/c1-3-12-31(13-4-1)33-14-11-17-35(28-33)47(36-24-22-32-23-27-45-46(40(32)29-36)39-19-8-10-21-44(39)49-45)37-25-26-43-41(30-37)38-18-7-9-20-42(38)48(43)34-15-5-2-6-16-34/h1-30H. The van der Waals surface area contributed by atoms with E-state index in [1.165, 1.54) is 43.7 Å². The second kappa shape index (κ2) is 11.0. The molecule has 3 heteroatoms. The molecule has 2 heterocycles. The van der Waals surface area contributed by atoms with Crippen LogP contribution in [0.25, 0.3) is 71.3 Å². The van der Waals surface area contributed by atoms with Crippen molar-refractivity contribution in [3.63, 3.8) is 0 Å². The Bertz CT molecular complexity index is 2830. The molecule has 0 N–H and O–H groups in total. The third kappa shape index (κ3) is 4.44. The number of fused-ring (bicyclic) bond motifs is 8. The molecule has 0 fully saturated rings. The fourth-order valence-electron chi connectivity index (χ4n) is 7.53. The Hall–Kier alpha value is -6.58.